The first kappa shape index (κ1) is 17.2. The topological polar surface area (TPSA) is 57.3 Å². The van der Waals surface area contributed by atoms with Crippen molar-refractivity contribution in [3.63, 3.8) is 0 Å². The molecule has 0 bridgehead atoms. The molecule has 1 saturated heterocycles. The van der Waals surface area contributed by atoms with E-state index in [0.29, 0.717) is 18.5 Å². The Bertz CT molecular complexity index is 637. The predicted molar refractivity (Wildman–Crippen MR) is 95.5 cm³/mol. The number of methoxy groups -OCH3 is 1. The normalized spacial score (nSPS) is 17.2. The van der Waals surface area contributed by atoms with Crippen LogP contribution in [-0.2, 0) is 6.54 Å². The summed E-state index contributed by atoms with van der Waals surface area (Å²) in [5, 5.41) is 12.6. The summed E-state index contributed by atoms with van der Waals surface area (Å²) in [4.78, 5) is 1.61. The Balaban J connectivity index is 1.81. The van der Waals surface area contributed by atoms with Gasteiger partial charge in [-0.1, -0.05) is 26.0 Å². The maximum atomic E-state index is 5.22. The minimum atomic E-state index is 0.346. The molecule has 0 amide bonds. The minimum absolute atomic E-state index is 0.346. The molecule has 1 atom stereocenters. The summed E-state index contributed by atoms with van der Waals surface area (Å²) in [6.07, 6.45) is 0. The summed E-state index contributed by atoms with van der Waals surface area (Å²) >= 11 is 2.04. The van der Waals surface area contributed by atoms with Crippen LogP contribution in [0.4, 0.5) is 0 Å². The molecule has 1 aromatic carbocycles. The van der Waals surface area contributed by atoms with Gasteiger partial charge in [-0.3, -0.25) is 0 Å². The first-order valence-corrected chi connectivity index (χ1v) is 9.66. The maximum Gasteiger partial charge on any atom is 0.209 e. The van der Waals surface area contributed by atoms with Crippen LogP contribution in [0.2, 0.25) is 0 Å². The molecule has 1 aromatic heterocycles. The largest absolute Gasteiger partial charge is 0.497 e. The summed E-state index contributed by atoms with van der Waals surface area (Å²) in [5.41, 5.74) is 1.18. The molecule has 0 spiro atoms. The third kappa shape index (κ3) is 3.89. The highest BCUT2D eigenvalue weighted by atomic mass is 32.2. The zero-order valence-corrected chi connectivity index (χ0v) is 15.4. The molecule has 1 aliphatic rings. The number of thioether (sulfide) groups is 1. The van der Waals surface area contributed by atoms with E-state index in [0.717, 1.165) is 11.6 Å². The van der Waals surface area contributed by atoms with Gasteiger partial charge in [-0.15, -0.1) is 5.10 Å². The maximum absolute atomic E-state index is 5.22. The number of hydrogen-bond acceptors (Lipinski definition) is 5. The summed E-state index contributed by atoms with van der Waals surface area (Å²) in [6.45, 7) is 7.60. The van der Waals surface area contributed by atoms with E-state index in [4.69, 9.17) is 4.74 Å². The zero-order chi connectivity index (χ0) is 16.9. The Morgan fingerprint density at radius 3 is 2.54 bits per heavy atom. The quantitative estimate of drug-likeness (QED) is 0.846. The Morgan fingerprint density at radius 2 is 1.92 bits per heavy atom. The van der Waals surface area contributed by atoms with E-state index >= 15 is 0 Å². The number of rotatable bonds is 6. The monoisotopic (exact) mass is 348 g/mol. The Kier molecular flexibility index (Phi) is 5.73. The average Bonchev–Trinajstić information content (AvgIpc) is 3.04. The lowest BCUT2D eigenvalue weighted by atomic mass is 10.0. The Hall–Kier alpha value is -1.60. The van der Waals surface area contributed by atoms with E-state index in [1.807, 2.05) is 28.6 Å². The number of aromatic nitrogens is 4. The molecule has 6 nitrogen and oxygen atoms in total. The summed E-state index contributed by atoms with van der Waals surface area (Å²) < 4.78 is 7.18. The van der Waals surface area contributed by atoms with Crippen LogP contribution < -0.4 is 9.64 Å². The van der Waals surface area contributed by atoms with Gasteiger partial charge >= 0.3 is 0 Å². The van der Waals surface area contributed by atoms with E-state index < -0.39 is 0 Å². The fraction of sp³-hybridized carbons (Fsp3) is 0.588. The van der Waals surface area contributed by atoms with Gasteiger partial charge in [-0.25, -0.2) is 4.68 Å². The molecule has 0 unspecified atom stereocenters. The number of tetrazole rings is 1. The van der Waals surface area contributed by atoms with Gasteiger partial charge in [0.1, 0.15) is 5.75 Å². The molecule has 130 valence electrons. The zero-order valence-electron chi connectivity index (χ0n) is 14.6. The smallest absolute Gasteiger partial charge is 0.209 e. The summed E-state index contributed by atoms with van der Waals surface area (Å²) in [6, 6.07) is 8.44. The van der Waals surface area contributed by atoms with E-state index in [2.05, 4.69) is 41.5 Å². The second-order valence-electron chi connectivity index (χ2n) is 6.54. The van der Waals surface area contributed by atoms with Crippen molar-refractivity contribution in [2.45, 2.75) is 26.4 Å². The van der Waals surface area contributed by atoms with Gasteiger partial charge in [-0.05, 0) is 28.1 Å². The second-order valence-corrected chi connectivity index (χ2v) is 7.76. The molecule has 7 heteroatoms. The lowest BCUT2D eigenvalue weighted by Crippen LogP contribution is -3.14. The molecule has 1 fully saturated rings. The Morgan fingerprint density at radius 1 is 1.21 bits per heavy atom. The van der Waals surface area contributed by atoms with E-state index in [1.165, 1.54) is 30.2 Å². The van der Waals surface area contributed by atoms with Gasteiger partial charge in [0.15, 0.2) is 6.04 Å². The number of ether oxygens (including phenoxy) is 1. The first-order valence-electron chi connectivity index (χ1n) is 8.50. The predicted octanol–water partition coefficient (Wildman–Crippen LogP) is 1.06. The lowest BCUT2D eigenvalue weighted by Gasteiger charge is -2.32. The van der Waals surface area contributed by atoms with Crippen molar-refractivity contribution < 1.29 is 9.64 Å². The van der Waals surface area contributed by atoms with Crippen LogP contribution in [0.25, 0.3) is 0 Å². The molecule has 0 aliphatic carbocycles. The van der Waals surface area contributed by atoms with Crippen LogP contribution in [0.5, 0.6) is 5.75 Å². The van der Waals surface area contributed by atoms with Crippen molar-refractivity contribution in [3.05, 3.63) is 35.7 Å². The van der Waals surface area contributed by atoms with E-state index in [9.17, 15) is 0 Å². The molecule has 0 radical (unpaired) electrons. The van der Waals surface area contributed by atoms with E-state index in [1.54, 1.807) is 12.0 Å². The van der Waals surface area contributed by atoms with Gasteiger partial charge in [0.25, 0.3) is 0 Å². The second kappa shape index (κ2) is 7.98. The van der Waals surface area contributed by atoms with Crippen molar-refractivity contribution in [2.24, 2.45) is 5.92 Å². The van der Waals surface area contributed by atoms with Crippen molar-refractivity contribution >= 4 is 11.8 Å². The van der Waals surface area contributed by atoms with Crippen LogP contribution in [0.3, 0.4) is 0 Å². The molecule has 0 saturated carbocycles. The molecule has 1 aliphatic heterocycles. The molecular weight excluding hydrogens is 322 g/mol. The van der Waals surface area contributed by atoms with Crippen molar-refractivity contribution in [1.82, 2.24) is 20.2 Å². The number of benzene rings is 1. The van der Waals surface area contributed by atoms with E-state index in [-0.39, 0.29) is 0 Å². The van der Waals surface area contributed by atoms with Crippen LogP contribution in [0.15, 0.2) is 24.3 Å². The summed E-state index contributed by atoms with van der Waals surface area (Å²) in [7, 11) is 1.68. The van der Waals surface area contributed by atoms with Gasteiger partial charge in [-0.2, -0.15) is 11.8 Å². The van der Waals surface area contributed by atoms with Crippen molar-refractivity contribution in [2.75, 3.05) is 31.7 Å². The first-order chi connectivity index (χ1) is 11.7. The number of quaternary nitrogens is 1. The third-order valence-corrected chi connectivity index (χ3v) is 5.56. The van der Waals surface area contributed by atoms with Gasteiger partial charge in [0, 0.05) is 17.4 Å². The summed E-state index contributed by atoms with van der Waals surface area (Å²) in [5.74, 6) is 4.81. The highest BCUT2D eigenvalue weighted by molar-refractivity contribution is 7.99. The molecular formula is C17H26N5OS+. The van der Waals surface area contributed by atoms with Crippen LogP contribution in [0.1, 0.15) is 31.3 Å². The SMILES string of the molecule is COc1ccc(Cn2nnnc2[C@H](C(C)C)[NH+]2CCSCC2)cc1. The fourth-order valence-electron chi connectivity index (χ4n) is 3.35. The van der Waals surface area contributed by atoms with Gasteiger partial charge in [0.2, 0.25) is 5.82 Å². The Labute approximate surface area is 147 Å². The standard InChI is InChI=1S/C17H25N5OS/c1-13(2)16(21-8-10-24-11-9-21)17-18-19-20-22(17)12-14-4-6-15(23-3)7-5-14/h4-7,13,16H,8-12H2,1-3H3/p+1/t16-/m0/s1. The lowest BCUT2D eigenvalue weighted by molar-refractivity contribution is -0.933. The molecule has 2 heterocycles. The molecule has 1 N–H and O–H groups in total. The molecule has 3 rings (SSSR count). The highest BCUT2D eigenvalue weighted by Gasteiger charge is 2.33. The number of nitrogens with one attached hydrogen (secondary N) is 1. The third-order valence-electron chi connectivity index (χ3n) is 4.57. The van der Waals surface area contributed by atoms with Crippen LogP contribution in [0, 0.1) is 5.92 Å². The van der Waals surface area contributed by atoms with Crippen molar-refractivity contribution in [3.8, 4) is 5.75 Å². The van der Waals surface area contributed by atoms with Crippen molar-refractivity contribution in [1.29, 1.82) is 0 Å². The fourth-order valence-corrected chi connectivity index (χ4v) is 4.36. The number of hydrogen-bond donors (Lipinski definition) is 1. The van der Waals surface area contributed by atoms with Crippen LogP contribution in [-0.4, -0.2) is 51.9 Å². The van der Waals surface area contributed by atoms with Crippen LogP contribution >= 0.6 is 11.8 Å². The molecule has 24 heavy (non-hydrogen) atoms. The number of nitrogens with zero attached hydrogens (tertiary/aromatic N) is 4. The molecule has 2 aromatic rings. The van der Waals surface area contributed by atoms with Gasteiger partial charge in [0.05, 0.1) is 26.7 Å². The highest BCUT2D eigenvalue weighted by Crippen LogP contribution is 2.19. The van der Waals surface area contributed by atoms with Gasteiger partial charge < -0.3 is 9.64 Å². The average molecular weight is 348 g/mol. The minimum Gasteiger partial charge on any atom is -0.497 e.